The molecule has 6 heteroatoms. The summed E-state index contributed by atoms with van der Waals surface area (Å²) in [7, 11) is 1.10. The van der Waals surface area contributed by atoms with Crippen molar-refractivity contribution in [1.82, 2.24) is 0 Å². The zero-order valence-electron chi connectivity index (χ0n) is 11.8. The van der Waals surface area contributed by atoms with E-state index in [9.17, 15) is 13.6 Å². The molecule has 0 aromatic heterocycles. The third kappa shape index (κ3) is 3.45. The molecular weight excluding hydrogens is 268 g/mol. The Hall–Kier alpha value is -1.69. The first-order chi connectivity index (χ1) is 9.38. The van der Waals surface area contributed by atoms with E-state index < -0.39 is 28.7 Å². The van der Waals surface area contributed by atoms with E-state index in [1.807, 2.05) is 6.92 Å². The molecule has 1 rings (SSSR count). The maximum absolute atomic E-state index is 14.0. The first kappa shape index (κ1) is 16.4. The number of methoxy groups -OCH3 is 1. The number of nitrogens with one attached hydrogen (secondary N) is 1. The van der Waals surface area contributed by atoms with Crippen LogP contribution < -0.4 is 5.32 Å². The third-order valence-corrected chi connectivity index (χ3v) is 3.37. The second-order valence-electron chi connectivity index (χ2n) is 4.79. The van der Waals surface area contributed by atoms with Gasteiger partial charge in [-0.3, -0.25) is 0 Å². The number of carbonyl (C=O) groups excluding carboxylic acids is 1. The Bertz CT molecular complexity index is 494. The molecular formula is C14H19F2NO3. The molecule has 1 atom stereocenters. The van der Waals surface area contributed by atoms with Crippen LogP contribution in [0.2, 0.25) is 0 Å². The normalized spacial score (nSPS) is 13.7. The van der Waals surface area contributed by atoms with Crippen molar-refractivity contribution in [2.75, 3.05) is 19.0 Å². The lowest BCUT2D eigenvalue weighted by Gasteiger charge is -2.30. The second-order valence-corrected chi connectivity index (χ2v) is 4.79. The van der Waals surface area contributed by atoms with Gasteiger partial charge in [0.15, 0.2) is 11.6 Å². The van der Waals surface area contributed by atoms with Gasteiger partial charge in [-0.2, -0.15) is 0 Å². The highest BCUT2D eigenvalue weighted by Crippen LogP contribution is 2.27. The molecule has 2 N–H and O–H groups in total. The third-order valence-electron chi connectivity index (χ3n) is 3.37. The Labute approximate surface area is 116 Å². The van der Waals surface area contributed by atoms with Gasteiger partial charge in [0.2, 0.25) is 0 Å². The van der Waals surface area contributed by atoms with E-state index in [2.05, 4.69) is 10.1 Å². The van der Waals surface area contributed by atoms with Crippen molar-refractivity contribution in [3.8, 4) is 0 Å². The minimum absolute atomic E-state index is 0.0482. The number of aliphatic hydroxyl groups excluding tert-OH is 1. The molecule has 0 radical (unpaired) electrons. The number of hydrogen-bond donors (Lipinski definition) is 2. The number of anilines is 1. The van der Waals surface area contributed by atoms with Crippen LogP contribution in [0.15, 0.2) is 12.1 Å². The molecule has 0 spiro atoms. The predicted molar refractivity (Wildman–Crippen MR) is 71.7 cm³/mol. The molecule has 0 saturated heterocycles. The fraction of sp³-hybridized carbons (Fsp3) is 0.500. The maximum atomic E-state index is 14.0. The first-order valence-electron chi connectivity index (χ1n) is 6.34. The van der Waals surface area contributed by atoms with Gasteiger partial charge >= 0.3 is 5.97 Å². The quantitative estimate of drug-likeness (QED) is 0.790. The highest BCUT2D eigenvalue weighted by atomic mass is 19.2. The maximum Gasteiger partial charge on any atom is 0.340 e. The molecule has 1 unspecified atom stereocenters. The Morgan fingerprint density at radius 1 is 1.40 bits per heavy atom. The zero-order chi connectivity index (χ0) is 15.3. The van der Waals surface area contributed by atoms with Crippen LogP contribution in [0, 0.1) is 11.6 Å². The van der Waals surface area contributed by atoms with Gasteiger partial charge in [0.25, 0.3) is 0 Å². The molecule has 0 amide bonds. The Morgan fingerprint density at radius 3 is 2.55 bits per heavy atom. The van der Waals surface area contributed by atoms with Crippen molar-refractivity contribution < 1.29 is 23.4 Å². The molecule has 1 aromatic carbocycles. The summed E-state index contributed by atoms with van der Waals surface area (Å²) in [5.74, 6) is -3.31. The molecule has 0 bridgehead atoms. The number of hydrogen-bond acceptors (Lipinski definition) is 4. The molecule has 4 nitrogen and oxygen atoms in total. The van der Waals surface area contributed by atoms with E-state index in [4.69, 9.17) is 5.11 Å². The first-order valence-corrected chi connectivity index (χ1v) is 6.34. The number of halogens is 2. The fourth-order valence-electron chi connectivity index (χ4n) is 1.81. The number of ether oxygens (including phenoxy) is 1. The molecule has 112 valence electrons. The van der Waals surface area contributed by atoms with Crippen LogP contribution in [0.5, 0.6) is 0 Å². The van der Waals surface area contributed by atoms with Gasteiger partial charge in [0.05, 0.1) is 18.4 Å². The summed E-state index contributed by atoms with van der Waals surface area (Å²) in [5.41, 5.74) is -1.06. The second kappa shape index (κ2) is 6.65. The number of carbonyl (C=O) groups is 1. The summed E-state index contributed by atoms with van der Waals surface area (Å²) in [5, 5.41) is 11.9. The van der Waals surface area contributed by atoms with Gasteiger partial charge in [0, 0.05) is 12.1 Å². The van der Waals surface area contributed by atoms with Crippen LogP contribution in [0.3, 0.4) is 0 Å². The largest absolute Gasteiger partial charge is 0.465 e. The monoisotopic (exact) mass is 287 g/mol. The summed E-state index contributed by atoms with van der Waals surface area (Å²) in [6.07, 6.45) is 1.01. The summed E-state index contributed by atoms with van der Waals surface area (Å²) >= 11 is 0. The summed E-state index contributed by atoms with van der Waals surface area (Å²) in [6, 6.07) is 2.46. The topological polar surface area (TPSA) is 58.6 Å². The number of benzene rings is 1. The van der Waals surface area contributed by atoms with Crippen LogP contribution in [-0.4, -0.2) is 30.3 Å². The lowest BCUT2D eigenvalue weighted by atomic mass is 9.94. The van der Waals surface area contributed by atoms with Crippen LogP contribution in [0.25, 0.3) is 0 Å². The van der Waals surface area contributed by atoms with E-state index in [-0.39, 0.29) is 12.3 Å². The van der Waals surface area contributed by atoms with Gasteiger partial charge in [-0.05, 0) is 31.9 Å². The lowest BCUT2D eigenvalue weighted by molar-refractivity contribution is 0.0594. The predicted octanol–water partition coefficient (Wildman–Crippen LogP) is 2.71. The van der Waals surface area contributed by atoms with Crippen molar-refractivity contribution in [2.24, 2.45) is 0 Å². The molecule has 0 fully saturated rings. The highest BCUT2D eigenvalue weighted by Gasteiger charge is 2.25. The molecule has 20 heavy (non-hydrogen) atoms. The van der Waals surface area contributed by atoms with Crippen molar-refractivity contribution in [2.45, 2.75) is 32.2 Å². The molecule has 0 aliphatic heterocycles. The molecule has 0 saturated carbocycles. The van der Waals surface area contributed by atoms with Crippen molar-refractivity contribution in [3.05, 3.63) is 29.3 Å². The minimum atomic E-state index is -1.25. The molecule has 0 aliphatic carbocycles. The van der Waals surface area contributed by atoms with E-state index in [0.29, 0.717) is 12.8 Å². The molecule has 0 heterocycles. The van der Waals surface area contributed by atoms with Gasteiger partial charge in [-0.1, -0.05) is 6.92 Å². The molecule has 1 aromatic rings. The average molecular weight is 287 g/mol. The van der Waals surface area contributed by atoms with E-state index in [1.165, 1.54) is 12.1 Å². The summed E-state index contributed by atoms with van der Waals surface area (Å²) in [6.45, 7) is 3.61. The number of aliphatic hydroxyl groups is 1. The smallest absolute Gasteiger partial charge is 0.340 e. The number of rotatable bonds is 6. The Morgan fingerprint density at radius 2 is 2.05 bits per heavy atom. The fourth-order valence-corrected chi connectivity index (χ4v) is 1.81. The van der Waals surface area contributed by atoms with E-state index >= 15 is 0 Å². The van der Waals surface area contributed by atoms with E-state index in [0.717, 1.165) is 7.11 Å². The van der Waals surface area contributed by atoms with Gasteiger partial charge in [-0.15, -0.1) is 0 Å². The highest BCUT2D eigenvalue weighted by molar-refractivity contribution is 5.90. The van der Waals surface area contributed by atoms with Gasteiger partial charge in [-0.25, -0.2) is 13.6 Å². The van der Waals surface area contributed by atoms with Gasteiger partial charge < -0.3 is 15.2 Å². The summed E-state index contributed by atoms with van der Waals surface area (Å²) < 4.78 is 32.1. The summed E-state index contributed by atoms with van der Waals surface area (Å²) in [4.78, 5) is 11.3. The number of esters is 1. The Kier molecular flexibility index (Phi) is 5.44. The van der Waals surface area contributed by atoms with Crippen LogP contribution >= 0.6 is 0 Å². The minimum Gasteiger partial charge on any atom is -0.465 e. The zero-order valence-corrected chi connectivity index (χ0v) is 11.8. The molecule has 0 aliphatic rings. The van der Waals surface area contributed by atoms with Crippen LogP contribution in [0.4, 0.5) is 14.5 Å². The standard InChI is InChI=1S/C14H19F2NO3/c1-4-14(2,7-8-18)17-10-6-5-9(13(19)20-3)11(15)12(10)16/h5-6,17-18H,4,7-8H2,1-3H3. The average Bonchev–Trinajstić information content (AvgIpc) is 2.43. The van der Waals surface area contributed by atoms with Crippen molar-refractivity contribution in [3.63, 3.8) is 0 Å². The van der Waals surface area contributed by atoms with Crippen molar-refractivity contribution in [1.29, 1.82) is 0 Å². The Balaban J connectivity index is 3.10. The lowest BCUT2D eigenvalue weighted by Crippen LogP contribution is -2.35. The van der Waals surface area contributed by atoms with Crippen LogP contribution in [0.1, 0.15) is 37.0 Å². The van der Waals surface area contributed by atoms with Gasteiger partial charge in [0.1, 0.15) is 0 Å². The van der Waals surface area contributed by atoms with Crippen molar-refractivity contribution >= 4 is 11.7 Å². The van der Waals surface area contributed by atoms with Crippen LogP contribution in [-0.2, 0) is 4.74 Å². The SMILES string of the molecule is CCC(C)(CCO)Nc1ccc(C(=O)OC)c(F)c1F. The van der Waals surface area contributed by atoms with E-state index in [1.54, 1.807) is 6.92 Å².